The SMILES string of the molecule is Cc1csc2nc(Cn3nc(-c4cccs4)oc3=O)cc(=O)n12. The van der Waals surface area contributed by atoms with Crippen LogP contribution in [0.5, 0.6) is 0 Å². The number of aromatic nitrogens is 4. The van der Waals surface area contributed by atoms with E-state index in [1.54, 1.807) is 0 Å². The maximum Gasteiger partial charge on any atom is 0.437 e. The highest BCUT2D eigenvalue weighted by atomic mass is 32.1. The van der Waals surface area contributed by atoms with E-state index < -0.39 is 5.76 Å². The van der Waals surface area contributed by atoms with E-state index in [1.807, 2.05) is 29.8 Å². The third-order valence-corrected chi connectivity index (χ3v) is 5.08. The first-order valence-corrected chi connectivity index (χ1v) is 8.46. The van der Waals surface area contributed by atoms with E-state index in [9.17, 15) is 9.59 Å². The van der Waals surface area contributed by atoms with Crippen molar-refractivity contribution in [2.24, 2.45) is 0 Å². The minimum Gasteiger partial charge on any atom is -0.387 e. The average molecular weight is 346 g/mol. The molecule has 0 saturated heterocycles. The lowest BCUT2D eigenvalue weighted by molar-refractivity contribution is 0.494. The first kappa shape index (κ1) is 14.1. The Morgan fingerprint density at radius 2 is 2.17 bits per heavy atom. The maximum atomic E-state index is 12.1. The topological polar surface area (TPSA) is 82.4 Å². The van der Waals surface area contributed by atoms with E-state index in [0.717, 1.165) is 10.6 Å². The first-order chi connectivity index (χ1) is 11.1. The molecule has 9 heteroatoms. The Hall–Kier alpha value is -2.52. The average Bonchev–Trinajstić information content (AvgIpc) is 3.21. The van der Waals surface area contributed by atoms with Crippen LogP contribution in [0.25, 0.3) is 15.7 Å². The smallest absolute Gasteiger partial charge is 0.387 e. The van der Waals surface area contributed by atoms with Crippen molar-refractivity contribution in [2.45, 2.75) is 13.5 Å². The van der Waals surface area contributed by atoms with Crippen LogP contribution in [0.15, 0.2) is 43.0 Å². The van der Waals surface area contributed by atoms with E-state index in [-0.39, 0.29) is 18.0 Å². The second kappa shape index (κ2) is 5.28. The summed E-state index contributed by atoms with van der Waals surface area (Å²) in [5, 5.41) is 7.91. The van der Waals surface area contributed by atoms with Gasteiger partial charge in [-0.05, 0) is 18.4 Å². The Bertz CT molecular complexity index is 1100. The zero-order valence-electron chi connectivity index (χ0n) is 11.9. The lowest BCUT2D eigenvalue weighted by atomic mass is 10.4. The summed E-state index contributed by atoms with van der Waals surface area (Å²) in [6.45, 7) is 1.94. The molecule has 0 amide bonds. The highest BCUT2D eigenvalue weighted by Crippen LogP contribution is 2.21. The standard InChI is InChI=1S/C14H10N4O3S2/c1-8-7-23-13-15-9(5-11(19)18(8)13)6-17-14(20)21-12(16-17)10-3-2-4-22-10/h2-5,7H,6H2,1H3. The maximum absolute atomic E-state index is 12.1. The number of hydrogen-bond donors (Lipinski definition) is 0. The third-order valence-electron chi connectivity index (χ3n) is 3.28. The molecule has 0 aliphatic heterocycles. The van der Waals surface area contributed by atoms with Gasteiger partial charge in [0.25, 0.3) is 11.4 Å². The van der Waals surface area contributed by atoms with Gasteiger partial charge in [-0.3, -0.25) is 9.20 Å². The Balaban J connectivity index is 1.74. The van der Waals surface area contributed by atoms with Crippen molar-refractivity contribution in [3.63, 3.8) is 0 Å². The van der Waals surface area contributed by atoms with E-state index >= 15 is 0 Å². The van der Waals surface area contributed by atoms with Crippen molar-refractivity contribution in [1.82, 2.24) is 19.2 Å². The number of fused-ring (bicyclic) bond motifs is 1. The fourth-order valence-corrected chi connectivity index (χ4v) is 3.78. The lowest BCUT2D eigenvalue weighted by Crippen LogP contribution is -2.21. The molecule has 4 aromatic heterocycles. The molecular formula is C14H10N4O3S2. The number of thiophene rings is 1. The van der Waals surface area contributed by atoms with Gasteiger partial charge in [-0.15, -0.1) is 27.8 Å². The van der Waals surface area contributed by atoms with Crippen molar-refractivity contribution in [3.8, 4) is 10.8 Å². The lowest BCUT2D eigenvalue weighted by Gasteiger charge is -2.00. The quantitative estimate of drug-likeness (QED) is 0.566. The molecule has 0 saturated carbocycles. The Labute approximate surface area is 137 Å². The first-order valence-electron chi connectivity index (χ1n) is 6.70. The molecule has 0 fully saturated rings. The second-order valence-electron chi connectivity index (χ2n) is 4.89. The highest BCUT2D eigenvalue weighted by molar-refractivity contribution is 7.15. The molecule has 0 radical (unpaired) electrons. The molecule has 0 aromatic carbocycles. The summed E-state index contributed by atoms with van der Waals surface area (Å²) in [5.74, 6) is -0.299. The molecule has 0 N–H and O–H groups in total. The minimum absolute atomic E-state index is 0.0936. The van der Waals surface area contributed by atoms with E-state index in [0.29, 0.717) is 10.7 Å². The minimum atomic E-state index is -0.572. The zero-order chi connectivity index (χ0) is 16.0. The summed E-state index contributed by atoms with van der Waals surface area (Å²) in [4.78, 5) is 29.9. The Morgan fingerprint density at radius 1 is 1.30 bits per heavy atom. The number of aryl methyl sites for hydroxylation is 1. The van der Waals surface area contributed by atoms with Crippen LogP contribution in [0.4, 0.5) is 0 Å². The monoisotopic (exact) mass is 346 g/mol. The van der Waals surface area contributed by atoms with Crippen molar-refractivity contribution in [1.29, 1.82) is 0 Å². The van der Waals surface area contributed by atoms with E-state index in [4.69, 9.17) is 4.42 Å². The zero-order valence-corrected chi connectivity index (χ0v) is 13.6. The molecule has 4 heterocycles. The fraction of sp³-hybridized carbons (Fsp3) is 0.143. The van der Waals surface area contributed by atoms with Crippen LogP contribution in [0.3, 0.4) is 0 Å². The Kier molecular flexibility index (Phi) is 3.24. The molecule has 4 rings (SSSR count). The fourth-order valence-electron chi connectivity index (χ4n) is 2.24. The molecule has 0 atom stereocenters. The normalized spacial score (nSPS) is 11.3. The van der Waals surface area contributed by atoms with Gasteiger partial charge >= 0.3 is 5.76 Å². The molecule has 0 bridgehead atoms. The van der Waals surface area contributed by atoms with Crippen LogP contribution in [-0.2, 0) is 6.54 Å². The highest BCUT2D eigenvalue weighted by Gasteiger charge is 2.13. The Morgan fingerprint density at radius 3 is 2.96 bits per heavy atom. The van der Waals surface area contributed by atoms with E-state index in [2.05, 4.69) is 10.1 Å². The van der Waals surface area contributed by atoms with Gasteiger partial charge in [-0.25, -0.2) is 9.78 Å². The molecular weight excluding hydrogens is 336 g/mol. The van der Waals surface area contributed by atoms with Crippen molar-refractivity contribution in [2.75, 3.05) is 0 Å². The van der Waals surface area contributed by atoms with Crippen molar-refractivity contribution >= 4 is 27.6 Å². The molecule has 116 valence electrons. The van der Waals surface area contributed by atoms with Gasteiger partial charge in [0.15, 0.2) is 4.96 Å². The molecule has 0 spiro atoms. The largest absolute Gasteiger partial charge is 0.437 e. The molecule has 23 heavy (non-hydrogen) atoms. The van der Waals surface area contributed by atoms with Gasteiger partial charge in [0, 0.05) is 17.1 Å². The molecule has 4 aromatic rings. The van der Waals surface area contributed by atoms with Gasteiger partial charge in [0.2, 0.25) is 0 Å². The predicted octanol–water partition coefficient (Wildman–Crippen LogP) is 1.99. The van der Waals surface area contributed by atoms with Gasteiger partial charge in [0.1, 0.15) is 0 Å². The second-order valence-corrected chi connectivity index (χ2v) is 6.67. The van der Waals surface area contributed by atoms with Gasteiger partial charge in [-0.1, -0.05) is 6.07 Å². The van der Waals surface area contributed by atoms with Crippen LogP contribution < -0.4 is 11.3 Å². The number of rotatable bonds is 3. The predicted molar refractivity (Wildman–Crippen MR) is 87.3 cm³/mol. The number of nitrogens with zero attached hydrogens (tertiary/aromatic N) is 4. The van der Waals surface area contributed by atoms with Crippen LogP contribution in [0, 0.1) is 6.92 Å². The van der Waals surface area contributed by atoms with Crippen molar-refractivity contribution in [3.05, 3.63) is 61.3 Å². The summed E-state index contributed by atoms with van der Waals surface area (Å²) >= 11 is 2.82. The van der Waals surface area contributed by atoms with E-state index in [1.165, 1.54) is 37.8 Å². The summed E-state index contributed by atoms with van der Waals surface area (Å²) in [6, 6.07) is 5.10. The van der Waals surface area contributed by atoms with Crippen LogP contribution in [0.1, 0.15) is 11.4 Å². The summed E-state index contributed by atoms with van der Waals surface area (Å²) in [6.07, 6.45) is 0. The molecule has 0 aliphatic carbocycles. The summed E-state index contributed by atoms with van der Waals surface area (Å²) in [7, 11) is 0. The van der Waals surface area contributed by atoms with Crippen molar-refractivity contribution < 1.29 is 4.42 Å². The number of thiazole rings is 1. The van der Waals surface area contributed by atoms with Crippen LogP contribution >= 0.6 is 22.7 Å². The number of hydrogen-bond acceptors (Lipinski definition) is 7. The molecule has 7 nitrogen and oxygen atoms in total. The summed E-state index contributed by atoms with van der Waals surface area (Å²) in [5.41, 5.74) is 1.15. The summed E-state index contributed by atoms with van der Waals surface area (Å²) < 4.78 is 7.86. The third kappa shape index (κ3) is 2.43. The molecule has 0 aliphatic rings. The van der Waals surface area contributed by atoms with Gasteiger partial charge < -0.3 is 4.42 Å². The van der Waals surface area contributed by atoms with Gasteiger partial charge in [-0.2, -0.15) is 4.68 Å². The van der Waals surface area contributed by atoms with Gasteiger partial charge in [0.05, 0.1) is 17.1 Å². The van der Waals surface area contributed by atoms with Crippen LogP contribution in [0.2, 0.25) is 0 Å². The molecule has 0 unspecified atom stereocenters. The van der Waals surface area contributed by atoms with Crippen LogP contribution in [-0.4, -0.2) is 19.2 Å².